The van der Waals surface area contributed by atoms with E-state index in [9.17, 15) is 26.3 Å². The van der Waals surface area contributed by atoms with Gasteiger partial charge in [-0.1, -0.05) is 24.3 Å². The van der Waals surface area contributed by atoms with Crippen LogP contribution in [-0.4, -0.2) is 44.5 Å². The number of carboxylic acids is 2. The van der Waals surface area contributed by atoms with Gasteiger partial charge in [-0.05, 0) is 23.8 Å². The van der Waals surface area contributed by atoms with Crippen LogP contribution in [0.2, 0.25) is 0 Å². The number of hydrogen-bond acceptors (Lipinski definition) is 5. The number of carboxylic acid groups (broad SMARTS) is 2. The molecule has 0 saturated carbocycles. The van der Waals surface area contributed by atoms with Crippen LogP contribution in [-0.2, 0) is 32.4 Å². The van der Waals surface area contributed by atoms with Gasteiger partial charge in [-0.15, -0.1) is 11.8 Å². The fraction of sp³-hybridized carbons (Fsp3) is 0.158. The van der Waals surface area contributed by atoms with Crippen molar-refractivity contribution in [2.24, 2.45) is 0 Å². The first-order chi connectivity index (χ1) is 14.8. The third-order valence-electron chi connectivity index (χ3n) is 3.20. The molecule has 0 spiro atoms. The van der Waals surface area contributed by atoms with Crippen molar-refractivity contribution in [2.75, 3.05) is 0 Å². The molecule has 0 saturated heterocycles. The second-order valence-electron chi connectivity index (χ2n) is 5.59. The van der Waals surface area contributed by atoms with Gasteiger partial charge in [0, 0.05) is 34.6 Å². The van der Waals surface area contributed by atoms with Gasteiger partial charge in [-0.25, -0.2) is 9.59 Å². The van der Waals surface area contributed by atoms with E-state index in [0.717, 1.165) is 11.3 Å². The molecule has 33 heavy (non-hydrogen) atoms. The largest absolute Gasteiger partial charge is 2.00 e. The Kier molecular flexibility index (Phi) is 12.5. The Morgan fingerprint density at radius 3 is 1.85 bits per heavy atom. The number of fused-ring (bicyclic) bond motifs is 1. The second kappa shape index (κ2) is 13.7. The van der Waals surface area contributed by atoms with Gasteiger partial charge in [-0.2, -0.15) is 26.3 Å². The summed E-state index contributed by atoms with van der Waals surface area (Å²) in [6, 6.07) is 14.4. The third-order valence-corrected chi connectivity index (χ3v) is 4.32. The molecule has 0 aliphatic rings. The molecule has 0 bridgehead atoms. The molecular weight excluding hydrogens is 530 g/mol. The Bertz CT molecular complexity index is 1010. The minimum atomic E-state index is -5.08. The van der Waals surface area contributed by atoms with Gasteiger partial charge in [0.2, 0.25) is 0 Å². The van der Waals surface area contributed by atoms with Crippen LogP contribution in [0.4, 0.5) is 26.3 Å². The van der Waals surface area contributed by atoms with E-state index in [-0.39, 0.29) is 17.1 Å². The van der Waals surface area contributed by atoms with Crippen LogP contribution in [0, 0.1) is 0 Å². The summed E-state index contributed by atoms with van der Waals surface area (Å²) >= 11 is 1.80. The number of carbonyl (C=O) groups is 2. The zero-order valence-corrected chi connectivity index (χ0v) is 17.8. The number of rotatable bonds is 3. The molecule has 2 aromatic heterocycles. The van der Waals surface area contributed by atoms with Crippen molar-refractivity contribution >= 4 is 34.6 Å². The molecule has 3 aromatic rings. The smallest absolute Gasteiger partial charge is 0.475 e. The van der Waals surface area contributed by atoms with Crippen LogP contribution in [0.3, 0.4) is 0 Å². The van der Waals surface area contributed by atoms with E-state index in [2.05, 4.69) is 40.3 Å². The summed E-state index contributed by atoms with van der Waals surface area (Å²) in [4.78, 5) is 27.6. The minimum absolute atomic E-state index is 0. The number of alkyl halides is 6. The second-order valence-corrected chi connectivity index (χ2v) is 6.60. The number of nitrogens with zero attached hydrogens (tertiary/aromatic N) is 2. The molecule has 2 N–H and O–H groups in total. The van der Waals surface area contributed by atoms with E-state index in [1.165, 1.54) is 15.8 Å². The summed E-state index contributed by atoms with van der Waals surface area (Å²) in [5, 5.41) is 15.4. The first-order valence-electron chi connectivity index (χ1n) is 8.28. The van der Waals surface area contributed by atoms with Crippen molar-refractivity contribution in [3.05, 3.63) is 66.6 Å². The maximum Gasteiger partial charge on any atom is 2.00 e. The summed E-state index contributed by atoms with van der Waals surface area (Å²) in [5.74, 6) is -4.59. The first kappa shape index (κ1) is 30.2. The Morgan fingerprint density at radius 1 is 0.848 bits per heavy atom. The van der Waals surface area contributed by atoms with E-state index in [4.69, 9.17) is 19.8 Å². The molecule has 0 aliphatic heterocycles. The van der Waals surface area contributed by atoms with Crippen molar-refractivity contribution in [2.45, 2.75) is 23.0 Å². The van der Waals surface area contributed by atoms with Gasteiger partial charge in [0.25, 0.3) is 0 Å². The summed E-state index contributed by atoms with van der Waals surface area (Å²) in [7, 11) is 0. The van der Waals surface area contributed by atoms with Gasteiger partial charge >= 0.3 is 41.4 Å². The van der Waals surface area contributed by atoms with E-state index < -0.39 is 24.3 Å². The molecule has 3 rings (SSSR count). The number of aliphatic carboxylic acids is 2. The molecule has 0 amide bonds. The number of aromatic nitrogens is 2. The van der Waals surface area contributed by atoms with Crippen LogP contribution in [0.15, 0.2) is 66.0 Å². The molecule has 2 heterocycles. The SMILES string of the molecule is O=C(O)C(F)(F)F.O=C(O)C(F)(F)F.[Cu+2].c1cncc(CSc2cccc3cccnc23)c1. The molecule has 6 nitrogen and oxygen atoms in total. The number of benzene rings is 1. The maximum absolute atomic E-state index is 10.6. The maximum atomic E-state index is 10.6. The van der Waals surface area contributed by atoms with Crippen molar-refractivity contribution in [3.8, 4) is 0 Å². The Balaban J connectivity index is 0.000000574. The average Bonchev–Trinajstić information content (AvgIpc) is 2.72. The molecule has 1 aromatic carbocycles. The topological polar surface area (TPSA) is 100 Å². The van der Waals surface area contributed by atoms with E-state index in [1.807, 2.05) is 24.5 Å². The van der Waals surface area contributed by atoms with E-state index in [0.29, 0.717) is 0 Å². The molecule has 0 aliphatic carbocycles. The summed E-state index contributed by atoms with van der Waals surface area (Å²) < 4.78 is 63.5. The van der Waals surface area contributed by atoms with Gasteiger partial charge in [0.15, 0.2) is 0 Å². The summed E-state index contributed by atoms with van der Waals surface area (Å²) in [5.41, 5.74) is 2.31. The molecule has 1 radical (unpaired) electrons. The van der Waals surface area contributed by atoms with Crippen molar-refractivity contribution in [1.82, 2.24) is 9.97 Å². The zero-order chi connectivity index (χ0) is 24.4. The van der Waals surface area contributed by atoms with E-state index in [1.54, 1.807) is 18.0 Å². The molecule has 14 heteroatoms. The molecule has 0 unspecified atom stereocenters. The van der Waals surface area contributed by atoms with E-state index >= 15 is 0 Å². The van der Waals surface area contributed by atoms with Gasteiger partial charge < -0.3 is 10.2 Å². The molecule has 0 fully saturated rings. The monoisotopic (exact) mass is 543 g/mol. The van der Waals surface area contributed by atoms with Crippen LogP contribution in [0.5, 0.6) is 0 Å². The molecular formula is C19H14CuF6N2O4S+2. The number of pyridine rings is 2. The third kappa shape index (κ3) is 11.6. The Morgan fingerprint density at radius 2 is 1.36 bits per heavy atom. The Hall–Kier alpha value is -2.83. The fourth-order valence-corrected chi connectivity index (χ4v) is 2.81. The van der Waals surface area contributed by atoms with Gasteiger partial charge in [0.1, 0.15) is 0 Å². The number of thioether (sulfide) groups is 1. The van der Waals surface area contributed by atoms with Crippen molar-refractivity contribution < 1.29 is 63.2 Å². The predicted octanol–water partition coefficient (Wildman–Crippen LogP) is 5.19. The number of hydrogen-bond donors (Lipinski definition) is 2. The van der Waals surface area contributed by atoms with Crippen LogP contribution >= 0.6 is 11.8 Å². The number of halogens is 6. The zero-order valence-electron chi connectivity index (χ0n) is 16.1. The fourth-order valence-electron chi connectivity index (χ4n) is 1.84. The quantitative estimate of drug-likeness (QED) is 0.266. The predicted molar refractivity (Wildman–Crippen MR) is 103 cm³/mol. The van der Waals surface area contributed by atoms with Crippen LogP contribution in [0.1, 0.15) is 5.56 Å². The molecule has 181 valence electrons. The number of para-hydroxylation sites is 1. The minimum Gasteiger partial charge on any atom is -0.475 e. The average molecular weight is 544 g/mol. The summed E-state index contributed by atoms with van der Waals surface area (Å²) in [6.45, 7) is 0. The Labute approximate surface area is 197 Å². The standard InChI is InChI=1S/C15H12N2S.2C2HF3O2.Cu/c1-5-13-6-3-9-17-15(13)14(7-1)18-11-12-4-2-8-16-10-12;2*3-2(4,5)1(6)7;/h1-10H,11H2;2*(H,6,7);/q;;;+2. The van der Waals surface area contributed by atoms with Crippen LogP contribution < -0.4 is 0 Å². The summed E-state index contributed by atoms with van der Waals surface area (Å²) in [6.07, 6.45) is -4.62. The first-order valence-corrected chi connectivity index (χ1v) is 9.26. The van der Waals surface area contributed by atoms with Crippen LogP contribution in [0.25, 0.3) is 10.9 Å². The molecule has 0 atom stereocenters. The van der Waals surface area contributed by atoms with Crippen molar-refractivity contribution in [3.63, 3.8) is 0 Å². The van der Waals surface area contributed by atoms with Gasteiger partial charge in [0.05, 0.1) is 5.52 Å². The van der Waals surface area contributed by atoms with Gasteiger partial charge in [-0.3, -0.25) is 9.97 Å². The normalized spacial score (nSPS) is 10.6. The van der Waals surface area contributed by atoms with Crippen molar-refractivity contribution in [1.29, 1.82) is 0 Å².